The average Bonchev–Trinajstić information content (AvgIpc) is 2.89. The molecular formula is C20H17NO. The Morgan fingerprint density at radius 1 is 0.955 bits per heavy atom. The van der Waals surface area contributed by atoms with Crippen LogP contribution in [0, 0.1) is 0 Å². The number of nitrogens with one attached hydrogen (secondary N) is 1. The smallest absolute Gasteiger partial charge is 0.243 e. The van der Waals surface area contributed by atoms with Crippen LogP contribution in [0.25, 0.3) is 0 Å². The summed E-state index contributed by atoms with van der Waals surface area (Å²) in [4.78, 5) is 13.1. The number of benzene rings is 2. The fourth-order valence-electron chi connectivity index (χ4n) is 3.65. The second-order valence-electron chi connectivity index (χ2n) is 5.77. The molecule has 0 radical (unpaired) electrons. The molecule has 4 rings (SSSR count). The highest BCUT2D eigenvalue weighted by Crippen LogP contribution is 2.49. The van der Waals surface area contributed by atoms with Crippen LogP contribution < -0.4 is 5.32 Å². The van der Waals surface area contributed by atoms with Crippen LogP contribution in [0.4, 0.5) is 5.69 Å². The molecule has 2 aromatic carbocycles. The number of amides is 1. The third-order valence-electron chi connectivity index (χ3n) is 4.62. The van der Waals surface area contributed by atoms with Gasteiger partial charge >= 0.3 is 0 Å². The first-order chi connectivity index (χ1) is 10.8. The van der Waals surface area contributed by atoms with E-state index in [1.165, 1.54) is 5.57 Å². The number of para-hydroxylation sites is 1. The number of fused-ring (bicyclic) bond motifs is 1. The summed E-state index contributed by atoms with van der Waals surface area (Å²) in [5.41, 5.74) is 3.50. The van der Waals surface area contributed by atoms with Crippen LogP contribution in [0.5, 0.6) is 0 Å². The molecule has 108 valence electrons. The average molecular weight is 287 g/mol. The van der Waals surface area contributed by atoms with Crippen molar-refractivity contribution in [1.82, 2.24) is 0 Å². The molecule has 0 spiro atoms. The lowest BCUT2D eigenvalue weighted by Gasteiger charge is -2.32. The van der Waals surface area contributed by atoms with E-state index in [4.69, 9.17) is 0 Å². The quantitative estimate of drug-likeness (QED) is 0.881. The highest BCUT2D eigenvalue weighted by Gasteiger charge is 2.50. The van der Waals surface area contributed by atoms with E-state index in [9.17, 15) is 4.79 Å². The topological polar surface area (TPSA) is 29.1 Å². The van der Waals surface area contributed by atoms with E-state index in [1.54, 1.807) is 0 Å². The van der Waals surface area contributed by atoms with Crippen LogP contribution >= 0.6 is 0 Å². The molecule has 0 fully saturated rings. The molecule has 0 saturated heterocycles. The second kappa shape index (κ2) is 4.99. The molecule has 1 aliphatic carbocycles. The zero-order valence-electron chi connectivity index (χ0n) is 12.3. The largest absolute Gasteiger partial charge is 0.324 e. The summed E-state index contributed by atoms with van der Waals surface area (Å²) in [7, 11) is 0. The van der Waals surface area contributed by atoms with Crippen molar-refractivity contribution in [3.8, 4) is 0 Å². The number of allylic oxidation sites excluding steroid dienone is 3. The lowest BCUT2D eigenvalue weighted by Crippen LogP contribution is -2.38. The van der Waals surface area contributed by atoms with E-state index < -0.39 is 5.41 Å². The van der Waals surface area contributed by atoms with Gasteiger partial charge in [0.25, 0.3) is 0 Å². The molecule has 2 heteroatoms. The summed E-state index contributed by atoms with van der Waals surface area (Å²) in [6, 6.07) is 18.1. The van der Waals surface area contributed by atoms with Gasteiger partial charge in [-0.05, 0) is 35.6 Å². The first-order valence-electron chi connectivity index (χ1n) is 7.66. The first kappa shape index (κ1) is 13.1. The normalized spacial score (nSPS) is 22.9. The summed E-state index contributed by atoms with van der Waals surface area (Å²) >= 11 is 0. The molecule has 2 aromatic rings. The second-order valence-corrected chi connectivity index (χ2v) is 5.77. The van der Waals surface area contributed by atoms with E-state index in [0.717, 1.165) is 29.7 Å². The van der Waals surface area contributed by atoms with E-state index in [-0.39, 0.29) is 5.91 Å². The maximum absolute atomic E-state index is 13.1. The zero-order chi connectivity index (χ0) is 15.0. The molecule has 22 heavy (non-hydrogen) atoms. The summed E-state index contributed by atoms with van der Waals surface area (Å²) in [6.45, 7) is 0. The molecule has 0 bridgehead atoms. The van der Waals surface area contributed by atoms with E-state index in [0.29, 0.717) is 0 Å². The fourth-order valence-corrected chi connectivity index (χ4v) is 3.65. The van der Waals surface area contributed by atoms with E-state index in [1.807, 2.05) is 36.4 Å². The van der Waals surface area contributed by atoms with Crippen molar-refractivity contribution in [1.29, 1.82) is 0 Å². The van der Waals surface area contributed by atoms with Gasteiger partial charge in [-0.3, -0.25) is 4.79 Å². The minimum absolute atomic E-state index is 0.0569. The Hall–Kier alpha value is -2.61. The molecule has 1 N–H and O–H groups in total. The predicted molar refractivity (Wildman–Crippen MR) is 88.8 cm³/mol. The third-order valence-corrected chi connectivity index (χ3v) is 4.62. The minimum atomic E-state index is -0.692. The van der Waals surface area contributed by atoms with Gasteiger partial charge in [0.1, 0.15) is 5.41 Å². The van der Waals surface area contributed by atoms with Gasteiger partial charge in [-0.15, -0.1) is 0 Å². The van der Waals surface area contributed by atoms with Crippen LogP contribution in [-0.2, 0) is 10.2 Å². The standard InChI is InChI=1S/C20H17NO/c22-19-20(15-9-3-1-4-10-15,16-11-5-2-6-12-16)17-13-7-8-14-18(17)21-19/h1-5,7-11,13-14H,6,12H2,(H,21,22). The first-order valence-corrected chi connectivity index (χ1v) is 7.66. The predicted octanol–water partition coefficient (Wildman–Crippen LogP) is 4.20. The number of hydrogen-bond acceptors (Lipinski definition) is 1. The van der Waals surface area contributed by atoms with Crippen LogP contribution in [0.3, 0.4) is 0 Å². The van der Waals surface area contributed by atoms with Crippen molar-refractivity contribution in [2.45, 2.75) is 18.3 Å². The van der Waals surface area contributed by atoms with Crippen LogP contribution in [-0.4, -0.2) is 5.91 Å². The van der Waals surface area contributed by atoms with Crippen molar-refractivity contribution in [3.63, 3.8) is 0 Å². The summed E-state index contributed by atoms with van der Waals surface area (Å²) in [5, 5.41) is 3.08. The maximum Gasteiger partial charge on any atom is 0.243 e. The number of carbonyl (C=O) groups excluding carboxylic acids is 1. The van der Waals surface area contributed by atoms with E-state index >= 15 is 0 Å². The van der Waals surface area contributed by atoms with Crippen molar-refractivity contribution in [2.24, 2.45) is 0 Å². The molecule has 2 nitrogen and oxygen atoms in total. The van der Waals surface area contributed by atoms with Gasteiger partial charge in [0.2, 0.25) is 5.91 Å². The molecule has 0 saturated carbocycles. The van der Waals surface area contributed by atoms with E-state index in [2.05, 4.69) is 41.7 Å². The summed E-state index contributed by atoms with van der Waals surface area (Å²) in [6.07, 6.45) is 8.22. The number of carbonyl (C=O) groups is 1. The molecule has 1 amide bonds. The SMILES string of the molecule is O=C1Nc2ccccc2C1(C1=CC=CCC1)c1ccccc1. The molecule has 1 heterocycles. The van der Waals surface area contributed by atoms with Gasteiger partial charge < -0.3 is 5.32 Å². The van der Waals surface area contributed by atoms with Gasteiger partial charge in [-0.1, -0.05) is 66.8 Å². The Morgan fingerprint density at radius 2 is 1.73 bits per heavy atom. The molecular weight excluding hydrogens is 270 g/mol. The van der Waals surface area contributed by atoms with Crippen molar-refractivity contribution in [3.05, 3.63) is 89.5 Å². The lowest BCUT2D eigenvalue weighted by molar-refractivity contribution is -0.118. The third kappa shape index (κ3) is 1.70. The highest BCUT2D eigenvalue weighted by molar-refractivity contribution is 6.11. The fraction of sp³-hybridized carbons (Fsp3) is 0.150. The number of rotatable bonds is 2. The Morgan fingerprint density at radius 3 is 2.50 bits per heavy atom. The van der Waals surface area contributed by atoms with Crippen LogP contribution in [0.1, 0.15) is 24.0 Å². The molecule has 0 aromatic heterocycles. The highest BCUT2D eigenvalue weighted by atomic mass is 16.2. The van der Waals surface area contributed by atoms with Gasteiger partial charge in [0, 0.05) is 5.69 Å². The molecule has 2 aliphatic rings. The van der Waals surface area contributed by atoms with Crippen molar-refractivity contribution >= 4 is 11.6 Å². The van der Waals surface area contributed by atoms with Gasteiger partial charge in [-0.2, -0.15) is 0 Å². The van der Waals surface area contributed by atoms with Crippen molar-refractivity contribution < 1.29 is 4.79 Å². The maximum atomic E-state index is 13.1. The van der Waals surface area contributed by atoms with Gasteiger partial charge in [0.15, 0.2) is 0 Å². The Balaban J connectivity index is 2.04. The lowest BCUT2D eigenvalue weighted by atomic mass is 9.68. The Bertz CT molecular complexity index is 788. The van der Waals surface area contributed by atoms with Crippen LogP contribution in [0.2, 0.25) is 0 Å². The number of anilines is 1. The summed E-state index contributed by atoms with van der Waals surface area (Å²) < 4.78 is 0. The Kier molecular flexibility index (Phi) is 2.97. The van der Waals surface area contributed by atoms with Crippen molar-refractivity contribution in [2.75, 3.05) is 5.32 Å². The molecule has 1 aliphatic heterocycles. The zero-order valence-corrected chi connectivity index (χ0v) is 12.3. The van der Waals surface area contributed by atoms with Gasteiger partial charge in [0.05, 0.1) is 0 Å². The minimum Gasteiger partial charge on any atom is -0.324 e. The molecule has 1 unspecified atom stereocenters. The van der Waals surface area contributed by atoms with Crippen LogP contribution in [0.15, 0.2) is 78.4 Å². The monoisotopic (exact) mass is 287 g/mol. The summed E-state index contributed by atoms with van der Waals surface area (Å²) in [5.74, 6) is 0.0569. The Labute approximate surface area is 130 Å². The van der Waals surface area contributed by atoms with Gasteiger partial charge in [-0.25, -0.2) is 0 Å². The number of hydrogen-bond donors (Lipinski definition) is 1. The molecule has 1 atom stereocenters.